The maximum absolute atomic E-state index is 11.8. The molecule has 0 amide bonds. The van der Waals surface area contributed by atoms with Gasteiger partial charge < -0.3 is 14.0 Å². The zero-order chi connectivity index (χ0) is 27.1. The van der Waals surface area contributed by atoms with Crippen molar-refractivity contribution in [2.24, 2.45) is 0 Å². The molecule has 204 valence electrons. The average molecular weight is 555 g/mol. The number of nitrogens with zero attached hydrogens (tertiary/aromatic N) is 4. The third kappa shape index (κ3) is 4.69. The monoisotopic (exact) mass is 554 g/mol. The molecular weight excluding hydrogens is 524 g/mol. The molecule has 0 saturated carbocycles. The Morgan fingerprint density at radius 1 is 0.900 bits per heavy atom. The van der Waals surface area contributed by atoms with Crippen LogP contribution >= 0.6 is 0 Å². The maximum atomic E-state index is 11.8. The first-order valence-electron chi connectivity index (χ1n) is 13.7. The van der Waals surface area contributed by atoms with E-state index in [0.717, 1.165) is 53.0 Å². The van der Waals surface area contributed by atoms with Crippen molar-refractivity contribution in [3.63, 3.8) is 0 Å². The molecule has 1 atom stereocenters. The Hall–Kier alpha value is -3.63. The van der Waals surface area contributed by atoms with E-state index in [9.17, 15) is 8.76 Å². The lowest BCUT2D eigenvalue weighted by Gasteiger charge is -2.45. The number of thiol groups is 1. The van der Waals surface area contributed by atoms with Gasteiger partial charge in [-0.25, -0.2) is 9.50 Å². The smallest absolute Gasteiger partial charge is 0.168 e. The zero-order valence-corrected chi connectivity index (χ0v) is 22.9. The van der Waals surface area contributed by atoms with E-state index in [-0.39, 0.29) is 5.60 Å². The molecule has 8 nitrogen and oxygen atoms in total. The molecule has 2 aromatic heterocycles. The summed E-state index contributed by atoms with van der Waals surface area (Å²) >= 11 is -2.70. The van der Waals surface area contributed by atoms with E-state index in [1.807, 2.05) is 67.0 Å². The van der Waals surface area contributed by atoms with Crippen LogP contribution in [0.15, 0.2) is 84.1 Å². The number of piperidine rings is 1. The van der Waals surface area contributed by atoms with Crippen LogP contribution in [0.25, 0.3) is 38.7 Å². The topological polar surface area (TPSA) is 92.0 Å². The molecule has 1 unspecified atom stereocenters. The first kappa shape index (κ1) is 25.3. The van der Waals surface area contributed by atoms with Crippen molar-refractivity contribution in [2.45, 2.75) is 29.8 Å². The van der Waals surface area contributed by atoms with Crippen LogP contribution < -0.4 is 4.74 Å². The highest BCUT2D eigenvalue weighted by Gasteiger charge is 2.42. The lowest BCUT2D eigenvalue weighted by atomic mass is 9.99. The largest absolute Gasteiger partial charge is 0.612 e. The predicted molar refractivity (Wildman–Crippen MR) is 154 cm³/mol. The molecular formula is C31H30N4O4S. The van der Waals surface area contributed by atoms with Crippen molar-refractivity contribution in [1.29, 1.82) is 0 Å². The van der Waals surface area contributed by atoms with Crippen molar-refractivity contribution in [3.05, 3.63) is 79.3 Å². The molecule has 0 N–H and O–H groups in total. The van der Waals surface area contributed by atoms with Crippen LogP contribution in [0.4, 0.5) is 0 Å². The van der Waals surface area contributed by atoms with Crippen LogP contribution in [-0.2, 0) is 20.0 Å². The van der Waals surface area contributed by atoms with Gasteiger partial charge in [-0.15, -0.1) is 4.21 Å². The molecule has 0 aliphatic carbocycles. The minimum Gasteiger partial charge on any atom is -0.612 e. The van der Waals surface area contributed by atoms with E-state index >= 15 is 0 Å². The van der Waals surface area contributed by atoms with Gasteiger partial charge in [0, 0.05) is 35.5 Å². The fourth-order valence-corrected chi connectivity index (χ4v) is 6.48. The third-order valence-corrected chi connectivity index (χ3v) is 8.74. The minimum absolute atomic E-state index is 0.267. The number of fused-ring (bicyclic) bond motifs is 2. The Morgan fingerprint density at radius 2 is 1.68 bits per heavy atom. The molecule has 0 bridgehead atoms. The zero-order valence-electron chi connectivity index (χ0n) is 22.0. The van der Waals surface area contributed by atoms with Gasteiger partial charge in [-0.3, -0.25) is 4.90 Å². The standard InChI is InChI=1S/C31H30N4O4S/c36-40(37)29-13-12-26(25-6-2-3-7-27(25)29)28-17-33-35-18-23(16-32-30(28)35)22-8-10-24(11-9-22)39-31(20-38-21-31)19-34-14-4-1-5-15-34/h2-3,6-13,16-18,40H,1,4-5,14-15,19-21H2. The highest BCUT2D eigenvalue weighted by Crippen LogP contribution is 2.35. The van der Waals surface area contributed by atoms with E-state index in [2.05, 4.69) is 10.00 Å². The molecule has 5 aromatic rings. The van der Waals surface area contributed by atoms with Crippen molar-refractivity contribution < 1.29 is 18.2 Å². The van der Waals surface area contributed by atoms with Gasteiger partial charge in [-0.2, -0.15) is 5.10 Å². The van der Waals surface area contributed by atoms with Gasteiger partial charge in [-0.05, 0) is 72.8 Å². The molecule has 7 rings (SSSR count). The second kappa shape index (κ2) is 10.4. The lowest BCUT2D eigenvalue weighted by molar-refractivity contribution is -0.172. The number of aromatic nitrogens is 3. The first-order chi connectivity index (χ1) is 19.6. The molecule has 40 heavy (non-hydrogen) atoms. The van der Waals surface area contributed by atoms with E-state index in [0.29, 0.717) is 29.1 Å². The summed E-state index contributed by atoms with van der Waals surface area (Å²) in [6.45, 7) is 4.43. The lowest BCUT2D eigenvalue weighted by Crippen LogP contribution is -2.61. The number of hydrogen-bond acceptors (Lipinski definition) is 7. The van der Waals surface area contributed by atoms with Gasteiger partial charge in [0.15, 0.2) is 16.1 Å². The Labute approximate surface area is 234 Å². The highest BCUT2D eigenvalue weighted by atomic mass is 32.2. The third-order valence-electron chi connectivity index (χ3n) is 7.96. The van der Waals surface area contributed by atoms with Gasteiger partial charge in [0.1, 0.15) is 5.75 Å². The van der Waals surface area contributed by atoms with Crippen molar-refractivity contribution >= 4 is 27.5 Å². The molecule has 0 radical (unpaired) electrons. The SMILES string of the molecule is O=[SH+]([O-])c1ccc(-c2cnn3cc(-c4ccc(OC5(CN6CCCCC6)COC5)cc4)cnc23)c2ccccc12. The van der Waals surface area contributed by atoms with Crippen molar-refractivity contribution in [3.8, 4) is 28.0 Å². The average Bonchev–Trinajstić information content (AvgIpc) is 3.39. The van der Waals surface area contributed by atoms with Crippen LogP contribution in [0.3, 0.4) is 0 Å². The molecule has 2 saturated heterocycles. The number of ether oxygens (including phenoxy) is 2. The summed E-state index contributed by atoms with van der Waals surface area (Å²) in [4.78, 5) is 7.57. The summed E-state index contributed by atoms with van der Waals surface area (Å²) in [5.74, 6) is 0.842. The number of benzene rings is 3. The normalized spacial score (nSPS) is 18.0. The molecule has 3 aromatic carbocycles. The Bertz CT molecular complexity index is 1710. The van der Waals surface area contributed by atoms with Gasteiger partial charge in [0.25, 0.3) is 0 Å². The fraction of sp³-hybridized carbons (Fsp3) is 0.290. The predicted octanol–water partition coefficient (Wildman–Crippen LogP) is 5.04. The van der Waals surface area contributed by atoms with Crippen LogP contribution in [0, 0.1) is 0 Å². The molecule has 4 heterocycles. The van der Waals surface area contributed by atoms with E-state index < -0.39 is 11.1 Å². The summed E-state index contributed by atoms with van der Waals surface area (Å²) in [6, 6.07) is 19.1. The second-order valence-corrected chi connectivity index (χ2v) is 11.7. The Balaban J connectivity index is 1.14. The molecule has 2 aliphatic rings. The second-order valence-electron chi connectivity index (χ2n) is 10.7. The Morgan fingerprint density at radius 3 is 2.40 bits per heavy atom. The fourth-order valence-electron chi connectivity index (χ4n) is 5.89. The van der Waals surface area contributed by atoms with E-state index in [1.165, 1.54) is 19.3 Å². The van der Waals surface area contributed by atoms with E-state index in [1.54, 1.807) is 16.8 Å². The van der Waals surface area contributed by atoms with Crippen LogP contribution in [0.5, 0.6) is 5.75 Å². The maximum Gasteiger partial charge on any atom is 0.168 e. The Kier molecular flexibility index (Phi) is 6.59. The van der Waals surface area contributed by atoms with Crippen LogP contribution in [-0.4, -0.2) is 62.5 Å². The van der Waals surface area contributed by atoms with Gasteiger partial charge in [-0.1, -0.05) is 36.8 Å². The molecule has 2 fully saturated rings. The number of likely N-dealkylation sites (tertiary alicyclic amines) is 1. The quantitative estimate of drug-likeness (QED) is 0.206. The minimum atomic E-state index is -2.70. The van der Waals surface area contributed by atoms with Crippen LogP contribution in [0.1, 0.15) is 19.3 Å². The van der Waals surface area contributed by atoms with Gasteiger partial charge in [0.2, 0.25) is 0 Å². The van der Waals surface area contributed by atoms with Gasteiger partial charge >= 0.3 is 0 Å². The summed E-state index contributed by atoms with van der Waals surface area (Å²) in [7, 11) is 0. The summed E-state index contributed by atoms with van der Waals surface area (Å²) in [5.41, 5.74) is 4.14. The van der Waals surface area contributed by atoms with Crippen molar-refractivity contribution in [2.75, 3.05) is 32.8 Å². The number of rotatable bonds is 7. The molecule has 0 spiro atoms. The van der Waals surface area contributed by atoms with Gasteiger partial charge in [0.05, 0.1) is 30.5 Å². The number of hydrogen-bond donors (Lipinski definition) is 0. The summed E-state index contributed by atoms with van der Waals surface area (Å²) in [6.07, 6.45) is 9.43. The van der Waals surface area contributed by atoms with Crippen molar-refractivity contribution in [1.82, 2.24) is 19.5 Å². The first-order valence-corrected chi connectivity index (χ1v) is 14.9. The highest BCUT2D eigenvalue weighted by molar-refractivity contribution is 7.79. The van der Waals surface area contributed by atoms with E-state index in [4.69, 9.17) is 14.5 Å². The molecule has 9 heteroatoms. The summed E-state index contributed by atoms with van der Waals surface area (Å²) < 4.78 is 37.4. The summed E-state index contributed by atoms with van der Waals surface area (Å²) in [5, 5.41) is 6.12. The molecule has 2 aliphatic heterocycles. The van der Waals surface area contributed by atoms with Crippen LogP contribution in [0.2, 0.25) is 0 Å².